The lowest BCUT2D eigenvalue weighted by Gasteiger charge is -2.12. The molecule has 1 saturated carbocycles. The quantitative estimate of drug-likeness (QED) is 0.636. The molecule has 1 aliphatic rings. The summed E-state index contributed by atoms with van der Waals surface area (Å²) in [5.74, 6) is 0. The molecule has 0 amide bonds. The van der Waals surface area contributed by atoms with E-state index in [2.05, 4.69) is 27.6 Å². The molecule has 0 bridgehead atoms. The Morgan fingerprint density at radius 3 is 2.95 bits per heavy atom. The number of aryl methyl sites for hydroxylation is 1. The molecule has 1 heterocycles. The molecule has 0 unspecified atom stereocenters. The predicted octanol–water partition coefficient (Wildman–Crippen LogP) is 4.36. The number of hydrogen-bond acceptors (Lipinski definition) is 5. The molecule has 5 heteroatoms. The van der Waals surface area contributed by atoms with Crippen LogP contribution in [0.1, 0.15) is 42.5 Å². The van der Waals surface area contributed by atoms with Gasteiger partial charge in [-0.2, -0.15) is 5.10 Å². The molecule has 1 aromatic carbocycles. The fourth-order valence-electron chi connectivity index (χ4n) is 2.62. The summed E-state index contributed by atoms with van der Waals surface area (Å²) in [5, 5.41) is 7.10. The predicted molar refractivity (Wildman–Crippen MR) is 91.6 cm³/mol. The van der Waals surface area contributed by atoms with Gasteiger partial charge in [0.25, 0.3) is 0 Å². The van der Waals surface area contributed by atoms with E-state index >= 15 is 0 Å². The highest BCUT2D eigenvalue weighted by atomic mass is 32.1. The second-order valence-electron chi connectivity index (χ2n) is 5.58. The Morgan fingerprint density at radius 2 is 2.18 bits per heavy atom. The zero-order valence-corrected chi connectivity index (χ0v) is 13.6. The van der Waals surface area contributed by atoms with Crippen molar-refractivity contribution in [2.75, 3.05) is 5.43 Å². The highest BCUT2D eigenvalue weighted by Gasteiger charge is 2.15. The third kappa shape index (κ3) is 4.15. The summed E-state index contributed by atoms with van der Waals surface area (Å²) in [7, 11) is 0. The molecular weight excluding hydrogens is 294 g/mol. The maximum atomic E-state index is 6.01. The number of thiazole rings is 1. The maximum Gasteiger partial charge on any atom is 0.203 e. The van der Waals surface area contributed by atoms with Gasteiger partial charge in [-0.15, -0.1) is 11.3 Å². The summed E-state index contributed by atoms with van der Waals surface area (Å²) in [4.78, 5) is 4.32. The number of hydrazone groups is 1. The lowest BCUT2D eigenvalue weighted by molar-refractivity contribution is 0.0456. The van der Waals surface area contributed by atoms with Gasteiger partial charge < -0.3 is 4.74 Å². The van der Waals surface area contributed by atoms with Crippen LogP contribution in [0.3, 0.4) is 0 Å². The van der Waals surface area contributed by atoms with Gasteiger partial charge in [0.05, 0.1) is 24.6 Å². The first-order valence-electron chi connectivity index (χ1n) is 7.72. The molecule has 0 radical (unpaired) electrons. The van der Waals surface area contributed by atoms with Crippen molar-refractivity contribution >= 4 is 22.7 Å². The fraction of sp³-hybridized carbons (Fsp3) is 0.412. The number of anilines is 1. The van der Waals surface area contributed by atoms with Crippen molar-refractivity contribution in [2.45, 2.75) is 45.3 Å². The topological polar surface area (TPSA) is 46.5 Å². The number of nitrogens with one attached hydrogen (secondary N) is 1. The summed E-state index contributed by atoms with van der Waals surface area (Å²) in [6.45, 7) is 2.63. The van der Waals surface area contributed by atoms with E-state index in [1.807, 2.05) is 30.7 Å². The van der Waals surface area contributed by atoms with Crippen molar-refractivity contribution in [2.24, 2.45) is 5.10 Å². The standard InChI is InChI=1S/C17H21N3OS/c1-13-12-22-17(19-13)20-18-10-14-6-2-3-7-15(14)11-21-16-8-4-5-9-16/h2-3,6-7,10,12,16H,4-5,8-9,11H2,1H3,(H,19,20). The molecular formula is C17H21N3OS. The van der Waals surface area contributed by atoms with Crippen molar-refractivity contribution in [3.8, 4) is 0 Å². The summed E-state index contributed by atoms with van der Waals surface area (Å²) >= 11 is 1.56. The van der Waals surface area contributed by atoms with Crippen LogP contribution in [0.25, 0.3) is 0 Å². The van der Waals surface area contributed by atoms with Crippen LogP contribution in [-0.2, 0) is 11.3 Å². The van der Waals surface area contributed by atoms with E-state index in [4.69, 9.17) is 4.74 Å². The zero-order valence-electron chi connectivity index (χ0n) is 12.8. The SMILES string of the molecule is Cc1csc(NN=Cc2ccccc2COC2CCCC2)n1. The number of nitrogens with zero attached hydrogens (tertiary/aromatic N) is 2. The van der Waals surface area contributed by atoms with Gasteiger partial charge in [0.2, 0.25) is 5.13 Å². The van der Waals surface area contributed by atoms with Gasteiger partial charge in [0.15, 0.2) is 0 Å². The first kappa shape index (κ1) is 15.2. The summed E-state index contributed by atoms with van der Waals surface area (Å²) in [6.07, 6.45) is 7.25. The molecule has 22 heavy (non-hydrogen) atoms. The van der Waals surface area contributed by atoms with Crippen LogP contribution < -0.4 is 5.43 Å². The van der Waals surface area contributed by atoms with Crippen LogP contribution in [0.15, 0.2) is 34.7 Å². The second kappa shape index (κ2) is 7.51. The van der Waals surface area contributed by atoms with Gasteiger partial charge in [-0.1, -0.05) is 37.1 Å². The maximum absolute atomic E-state index is 6.01. The van der Waals surface area contributed by atoms with Gasteiger partial charge in [-0.3, -0.25) is 5.43 Å². The molecule has 1 N–H and O–H groups in total. The Labute approximate surface area is 135 Å². The molecule has 0 atom stereocenters. The summed E-state index contributed by atoms with van der Waals surface area (Å²) < 4.78 is 6.01. The monoisotopic (exact) mass is 315 g/mol. The van der Waals surface area contributed by atoms with E-state index in [1.165, 1.54) is 31.2 Å². The fourth-order valence-corrected chi connectivity index (χ4v) is 3.25. The lowest BCUT2D eigenvalue weighted by atomic mass is 10.1. The molecule has 3 rings (SSSR count). The van der Waals surface area contributed by atoms with Gasteiger partial charge in [-0.05, 0) is 25.3 Å². The van der Waals surface area contributed by atoms with Gasteiger partial charge in [0.1, 0.15) is 0 Å². The van der Waals surface area contributed by atoms with Crippen LogP contribution in [0, 0.1) is 6.92 Å². The van der Waals surface area contributed by atoms with E-state index in [0.717, 1.165) is 16.4 Å². The van der Waals surface area contributed by atoms with Gasteiger partial charge in [-0.25, -0.2) is 4.98 Å². The number of rotatable bonds is 6. The van der Waals surface area contributed by atoms with E-state index in [-0.39, 0.29) is 0 Å². The van der Waals surface area contributed by atoms with Gasteiger partial charge in [0, 0.05) is 10.9 Å². The van der Waals surface area contributed by atoms with Crippen LogP contribution >= 0.6 is 11.3 Å². The number of benzene rings is 1. The molecule has 0 aliphatic heterocycles. The highest BCUT2D eigenvalue weighted by Crippen LogP contribution is 2.22. The van der Waals surface area contributed by atoms with Crippen molar-refractivity contribution in [1.82, 2.24) is 4.98 Å². The van der Waals surface area contributed by atoms with E-state index in [0.29, 0.717) is 12.7 Å². The highest BCUT2D eigenvalue weighted by molar-refractivity contribution is 7.13. The molecule has 0 saturated heterocycles. The molecule has 0 spiro atoms. The average molecular weight is 315 g/mol. The van der Waals surface area contributed by atoms with Crippen molar-refractivity contribution in [3.63, 3.8) is 0 Å². The van der Waals surface area contributed by atoms with Crippen LogP contribution in [0.4, 0.5) is 5.13 Å². The first-order chi connectivity index (χ1) is 10.8. The largest absolute Gasteiger partial charge is 0.374 e. The minimum atomic E-state index is 0.432. The van der Waals surface area contributed by atoms with E-state index in [1.54, 1.807) is 11.3 Å². The molecule has 1 aromatic heterocycles. The van der Waals surface area contributed by atoms with Crippen LogP contribution in [-0.4, -0.2) is 17.3 Å². The smallest absolute Gasteiger partial charge is 0.203 e. The molecule has 1 aliphatic carbocycles. The minimum absolute atomic E-state index is 0.432. The third-order valence-corrected chi connectivity index (χ3v) is 4.68. The Balaban J connectivity index is 1.60. The lowest BCUT2D eigenvalue weighted by Crippen LogP contribution is -2.08. The summed E-state index contributed by atoms with van der Waals surface area (Å²) in [5.41, 5.74) is 6.24. The Kier molecular flexibility index (Phi) is 5.19. The van der Waals surface area contributed by atoms with E-state index in [9.17, 15) is 0 Å². The Bertz CT molecular complexity index is 632. The van der Waals surface area contributed by atoms with Gasteiger partial charge >= 0.3 is 0 Å². The first-order valence-corrected chi connectivity index (χ1v) is 8.60. The Morgan fingerprint density at radius 1 is 1.36 bits per heavy atom. The summed E-state index contributed by atoms with van der Waals surface area (Å²) in [6, 6.07) is 8.23. The van der Waals surface area contributed by atoms with Crippen LogP contribution in [0.2, 0.25) is 0 Å². The normalized spacial score (nSPS) is 15.7. The molecule has 1 fully saturated rings. The minimum Gasteiger partial charge on any atom is -0.374 e. The second-order valence-corrected chi connectivity index (χ2v) is 6.44. The Hall–Kier alpha value is -1.72. The van der Waals surface area contributed by atoms with E-state index < -0.39 is 0 Å². The van der Waals surface area contributed by atoms with Crippen molar-refractivity contribution < 1.29 is 4.74 Å². The van der Waals surface area contributed by atoms with Crippen LogP contribution in [0.5, 0.6) is 0 Å². The van der Waals surface area contributed by atoms with Crippen molar-refractivity contribution in [3.05, 3.63) is 46.5 Å². The molecule has 116 valence electrons. The molecule has 4 nitrogen and oxygen atoms in total. The number of aromatic nitrogens is 1. The molecule has 2 aromatic rings. The number of hydrogen-bond donors (Lipinski definition) is 1. The van der Waals surface area contributed by atoms with Crippen molar-refractivity contribution in [1.29, 1.82) is 0 Å². The third-order valence-electron chi connectivity index (χ3n) is 3.81. The zero-order chi connectivity index (χ0) is 15.2. The average Bonchev–Trinajstić information content (AvgIpc) is 3.18. The number of ether oxygens (including phenoxy) is 1.